The summed E-state index contributed by atoms with van der Waals surface area (Å²) in [6, 6.07) is 26.1. The summed E-state index contributed by atoms with van der Waals surface area (Å²) in [4.78, 5) is 0. The molecule has 3 aromatic rings. The topological polar surface area (TPSA) is 36.9 Å². The second-order valence-corrected chi connectivity index (χ2v) is 13.8. The molecule has 0 aromatic heterocycles. The van der Waals surface area contributed by atoms with Gasteiger partial charge < -0.3 is 18.9 Å². The molecule has 0 saturated carbocycles. The van der Waals surface area contributed by atoms with Gasteiger partial charge in [-0.05, 0) is 48.9 Å². The van der Waals surface area contributed by atoms with Crippen LogP contribution in [0.4, 0.5) is 0 Å². The van der Waals surface area contributed by atoms with Crippen molar-refractivity contribution in [2.45, 2.75) is 130 Å². The highest BCUT2D eigenvalue weighted by Gasteiger charge is 2.30. The van der Waals surface area contributed by atoms with Crippen LogP contribution in [0.1, 0.15) is 128 Å². The highest BCUT2D eigenvalue weighted by Crippen LogP contribution is 2.35. The van der Waals surface area contributed by atoms with E-state index in [9.17, 15) is 0 Å². The molecule has 250 valence electrons. The van der Waals surface area contributed by atoms with Crippen LogP contribution in [0.25, 0.3) is 22.3 Å². The third kappa shape index (κ3) is 9.76. The largest absolute Gasteiger partial charge is 0.348 e. The van der Waals surface area contributed by atoms with Crippen LogP contribution < -0.4 is 0 Å². The molecular weight excluding hydrogens is 568 g/mol. The van der Waals surface area contributed by atoms with Crippen molar-refractivity contribution in [3.8, 4) is 22.3 Å². The molecule has 2 unspecified atom stereocenters. The van der Waals surface area contributed by atoms with Crippen molar-refractivity contribution < 1.29 is 18.9 Å². The lowest BCUT2D eigenvalue weighted by Gasteiger charge is -2.35. The Kier molecular flexibility index (Phi) is 13.7. The van der Waals surface area contributed by atoms with Crippen LogP contribution >= 0.6 is 0 Å². The summed E-state index contributed by atoms with van der Waals surface area (Å²) >= 11 is 0. The first-order valence-corrected chi connectivity index (χ1v) is 18.4. The fourth-order valence-corrected chi connectivity index (χ4v) is 6.91. The van der Waals surface area contributed by atoms with Crippen LogP contribution in [-0.2, 0) is 18.9 Å². The molecule has 2 aliphatic heterocycles. The SMILES string of the molecule is CCCCCCC[C@@H]1CO[C@@H](c2ccc(-c3ccc(-c4ccc([C@@H]5OC[C@@H](CCCCCCC)C(C)O5)cc4)cc3)cc2)OC1C. The zero-order valence-corrected chi connectivity index (χ0v) is 28.9. The second-order valence-electron chi connectivity index (χ2n) is 13.8. The van der Waals surface area contributed by atoms with E-state index in [0.29, 0.717) is 11.8 Å². The van der Waals surface area contributed by atoms with E-state index in [0.717, 1.165) is 24.3 Å². The highest BCUT2D eigenvalue weighted by atomic mass is 16.7. The molecule has 6 atom stereocenters. The van der Waals surface area contributed by atoms with Crippen molar-refractivity contribution in [3.63, 3.8) is 0 Å². The fraction of sp³-hybridized carbons (Fsp3) is 0.571. The van der Waals surface area contributed by atoms with E-state index < -0.39 is 0 Å². The van der Waals surface area contributed by atoms with Crippen LogP contribution in [0.5, 0.6) is 0 Å². The summed E-state index contributed by atoms with van der Waals surface area (Å²) in [7, 11) is 0. The van der Waals surface area contributed by atoms with E-state index in [1.54, 1.807) is 0 Å². The minimum absolute atomic E-state index is 0.222. The molecule has 5 rings (SSSR count). The lowest BCUT2D eigenvalue weighted by atomic mass is 9.95. The highest BCUT2D eigenvalue weighted by molar-refractivity contribution is 5.70. The minimum Gasteiger partial charge on any atom is -0.348 e. The van der Waals surface area contributed by atoms with Crippen molar-refractivity contribution >= 4 is 0 Å². The molecule has 4 nitrogen and oxygen atoms in total. The van der Waals surface area contributed by atoms with E-state index in [1.807, 2.05) is 0 Å². The molecule has 2 fully saturated rings. The first kappa shape index (κ1) is 34.8. The molecule has 0 aliphatic carbocycles. The molecule has 2 heterocycles. The predicted molar refractivity (Wildman–Crippen MR) is 190 cm³/mol. The predicted octanol–water partition coefficient (Wildman–Crippen LogP) is 11.8. The van der Waals surface area contributed by atoms with Crippen molar-refractivity contribution in [3.05, 3.63) is 83.9 Å². The van der Waals surface area contributed by atoms with Gasteiger partial charge in [0.15, 0.2) is 12.6 Å². The Morgan fingerprint density at radius 2 is 0.783 bits per heavy atom. The quantitative estimate of drug-likeness (QED) is 0.148. The number of hydrogen-bond donors (Lipinski definition) is 0. The maximum absolute atomic E-state index is 6.32. The number of unbranched alkanes of at least 4 members (excludes halogenated alkanes) is 8. The number of ether oxygens (including phenoxy) is 4. The standard InChI is InChI=1S/C42H58O4/c1-5-7-9-11-13-15-39-29-43-41(45-31(39)3)37-25-21-35(22-26-37)33-17-19-34(20-18-33)36-23-27-38(28-24-36)42-44-30-40(32(4)46-42)16-14-12-10-8-6-2/h17-28,31-32,39-42H,5-16,29-30H2,1-4H3/t31?,32?,39-,40-,41-,42-/m1/s1. The van der Waals surface area contributed by atoms with Gasteiger partial charge in [0.2, 0.25) is 0 Å². The lowest BCUT2D eigenvalue weighted by molar-refractivity contribution is -0.237. The van der Waals surface area contributed by atoms with Crippen LogP contribution in [0.15, 0.2) is 72.8 Å². The third-order valence-corrected chi connectivity index (χ3v) is 10.2. The van der Waals surface area contributed by atoms with Crippen LogP contribution in [0.3, 0.4) is 0 Å². The summed E-state index contributed by atoms with van der Waals surface area (Å²) in [5.74, 6) is 0.985. The van der Waals surface area contributed by atoms with Crippen LogP contribution in [0.2, 0.25) is 0 Å². The third-order valence-electron chi connectivity index (χ3n) is 10.2. The summed E-state index contributed by atoms with van der Waals surface area (Å²) in [6.07, 6.45) is 15.4. The van der Waals surface area contributed by atoms with E-state index in [-0.39, 0.29) is 24.8 Å². The Bertz CT molecular complexity index is 1170. The Morgan fingerprint density at radius 3 is 1.11 bits per heavy atom. The van der Waals surface area contributed by atoms with Crippen molar-refractivity contribution in [2.75, 3.05) is 13.2 Å². The monoisotopic (exact) mass is 626 g/mol. The maximum atomic E-state index is 6.32. The number of benzene rings is 3. The molecule has 0 N–H and O–H groups in total. The average Bonchev–Trinajstić information content (AvgIpc) is 3.09. The zero-order valence-electron chi connectivity index (χ0n) is 28.9. The minimum atomic E-state index is -0.278. The Morgan fingerprint density at radius 1 is 0.457 bits per heavy atom. The lowest BCUT2D eigenvalue weighted by Crippen LogP contribution is -2.34. The molecule has 4 heteroatoms. The molecule has 2 aliphatic rings. The number of hydrogen-bond acceptors (Lipinski definition) is 4. The molecule has 0 radical (unpaired) electrons. The normalized spacial score (nSPS) is 25.0. The molecule has 46 heavy (non-hydrogen) atoms. The first-order valence-electron chi connectivity index (χ1n) is 18.4. The van der Waals surface area contributed by atoms with E-state index in [1.165, 1.54) is 99.3 Å². The summed E-state index contributed by atoms with van der Waals surface area (Å²) < 4.78 is 25.0. The summed E-state index contributed by atoms with van der Waals surface area (Å²) in [5, 5.41) is 0. The van der Waals surface area contributed by atoms with Crippen LogP contribution in [-0.4, -0.2) is 25.4 Å². The van der Waals surface area contributed by atoms with E-state index in [4.69, 9.17) is 18.9 Å². The van der Waals surface area contributed by atoms with Crippen molar-refractivity contribution in [1.82, 2.24) is 0 Å². The molecule has 0 bridgehead atoms. The molecule has 0 spiro atoms. The smallest absolute Gasteiger partial charge is 0.184 e. The molecular formula is C42H58O4. The molecule has 2 saturated heterocycles. The van der Waals surface area contributed by atoms with Gasteiger partial charge in [0.05, 0.1) is 25.4 Å². The van der Waals surface area contributed by atoms with Gasteiger partial charge in [-0.2, -0.15) is 0 Å². The van der Waals surface area contributed by atoms with Crippen molar-refractivity contribution in [1.29, 1.82) is 0 Å². The van der Waals surface area contributed by atoms with E-state index in [2.05, 4.69) is 100 Å². The molecule has 3 aromatic carbocycles. The van der Waals surface area contributed by atoms with Gasteiger partial charge in [-0.3, -0.25) is 0 Å². The van der Waals surface area contributed by atoms with Crippen molar-refractivity contribution in [2.24, 2.45) is 11.8 Å². The Labute approximate surface area is 279 Å². The van der Waals surface area contributed by atoms with Gasteiger partial charge in [0.1, 0.15) is 0 Å². The van der Waals surface area contributed by atoms with Gasteiger partial charge >= 0.3 is 0 Å². The summed E-state index contributed by atoms with van der Waals surface area (Å²) in [6.45, 7) is 10.5. The van der Waals surface area contributed by atoms with Crippen LogP contribution in [0, 0.1) is 11.8 Å². The van der Waals surface area contributed by atoms with E-state index >= 15 is 0 Å². The molecule has 0 amide bonds. The van der Waals surface area contributed by atoms with Gasteiger partial charge in [-0.1, -0.05) is 151 Å². The average molecular weight is 627 g/mol. The van der Waals surface area contributed by atoms with Gasteiger partial charge in [-0.25, -0.2) is 0 Å². The zero-order chi connectivity index (χ0) is 32.1. The first-order chi connectivity index (χ1) is 22.6. The Balaban J connectivity index is 1.09. The van der Waals surface area contributed by atoms with Gasteiger partial charge in [0, 0.05) is 23.0 Å². The van der Waals surface area contributed by atoms with Gasteiger partial charge in [0.25, 0.3) is 0 Å². The van der Waals surface area contributed by atoms with Gasteiger partial charge in [-0.15, -0.1) is 0 Å². The Hall–Kier alpha value is -2.50. The maximum Gasteiger partial charge on any atom is 0.184 e. The fourth-order valence-electron chi connectivity index (χ4n) is 6.91. The summed E-state index contributed by atoms with van der Waals surface area (Å²) in [5.41, 5.74) is 6.97. The second kappa shape index (κ2) is 18.2. The number of rotatable bonds is 16.